The Hall–Kier alpha value is -2.08. The first-order chi connectivity index (χ1) is 10.1. The standard InChI is InChI=1S/C13H16F3NO5/c1-4-9(6-8(7-17)10(18)22-5-2)12(20,11(19)21-3)13(14,15)16/h6,9,20H,4-5H2,1-3H3/b8-6+/t9-,12+/m0/s1. The molecule has 0 aromatic carbocycles. The van der Waals surface area contributed by atoms with E-state index in [0.29, 0.717) is 13.2 Å². The molecular formula is C13H16F3NO5. The number of esters is 2. The average Bonchev–Trinajstić information content (AvgIpc) is 2.45. The van der Waals surface area contributed by atoms with Crippen LogP contribution in [0.3, 0.4) is 0 Å². The van der Waals surface area contributed by atoms with Gasteiger partial charge in [-0.25, -0.2) is 9.59 Å². The molecule has 0 spiro atoms. The van der Waals surface area contributed by atoms with Crippen LogP contribution in [0.5, 0.6) is 0 Å². The minimum Gasteiger partial charge on any atom is -0.467 e. The Morgan fingerprint density at radius 2 is 1.91 bits per heavy atom. The zero-order chi connectivity index (χ0) is 17.6. The van der Waals surface area contributed by atoms with Gasteiger partial charge in [-0.1, -0.05) is 13.0 Å². The summed E-state index contributed by atoms with van der Waals surface area (Å²) in [4.78, 5) is 22.9. The zero-order valence-corrected chi connectivity index (χ0v) is 12.2. The highest BCUT2D eigenvalue weighted by Gasteiger charge is 2.64. The van der Waals surface area contributed by atoms with Gasteiger partial charge in [0.15, 0.2) is 0 Å². The lowest BCUT2D eigenvalue weighted by Crippen LogP contribution is -2.57. The van der Waals surface area contributed by atoms with E-state index in [1.54, 1.807) is 0 Å². The molecule has 0 unspecified atom stereocenters. The first kappa shape index (κ1) is 19.9. The predicted octanol–water partition coefficient (Wildman–Crippen LogP) is 1.49. The summed E-state index contributed by atoms with van der Waals surface area (Å²) in [5.41, 5.74) is -4.61. The van der Waals surface area contributed by atoms with Crippen molar-refractivity contribution in [2.45, 2.75) is 32.0 Å². The number of halogens is 3. The molecule has 22 heavy (non-hydrogen) atoms. The molecule has 6 nitrogen and oxygen atoms in total. The van der Waals surface area contributed by atoms with E-state index in [1.807, 2.05) is 0 Å². The van der Waals surface area contributed by atoms with Crippen LogP contribution in [0.1, 0.15) is 20.3 Å². The highest BCUT2D eigenvalue weighted by atomic mass is 19.4. The van der Waals surface area contributed by atoms with E-state index in [1.165, 1.54) is 19.9 Å². The molecule has 2 atom stereocenters. The third-order valence-electron chi connectivity index (χ3n) is 2.89. The number of ether oxygens (including phenoxy) is 2. The lowest BCUT2D eigenvalue weighted by Gasteiger charge is -2.33. The lowest BCUT2D eigenvalue weighted by molar-refractivity contribution is -0.273. The van der Waals surface area contributed by atoms with Crippen LogP contribution in [0.4, 0.5) is 13.2 Å². The Labute approximate surface area is 125 Å². The number of carbonyl (C=O) groups excluding carboxylic acids is 2. The number of aliphatic hydroxyl groups is 1. The minimum atomic E-state index is -5.35. The van der Waals surface area contributed by atoms with E-state index in [4.69, 9.17) is 5.26 Å². The Balaban J connectivity index is 5.94. The molecular weight excluding hydrogens is 307 g/mol. The lowest BCUT2D eigenvalue weighted by atomic mass is 9.83. The van der Waals surface area contributed by atoms with E-state index in [-0.39, 0.29) is 13.0 Å². The number of hydrogen-bond donors (Lipinski definition) is 1. The van der Waals surface area contributed by atoms with Gasteiger partial charge in [0.2, 0.25) is 0 Å². The Morgan fingerprint density at radius 1 is 1.36 bits per heavy atom. The number of nitrogens with zero attached hydrogens (tertiary/aromatic N) is 1. The summed E-state index contributed by atoms with van der Waals surface area (Å²) in [5, 5.41) is 18.7. The molecule has 0 aromatic heterocycles. The van der Waals surface area contributed by atoms with Crippen molar-refractivity contribution in [3.63, 3.8) is 0 Å². The first-order valence-electron chi connectivity index (χ1n) is 6.26. The summed E-state index contributed by atoms with van der Waals surface area (Å²) >= 11 is 0. The normalized spacial score (nSPS) is 16.2. The highest BCUT2D eigenvalue weighted by molar-refractivity contribution is 5.93. The molecule has 0 saturated heterocycles. The summed E-state index contributed by atoms with van der Waals surface area (Å²) in [6, 6.07) is 1.39. The molecule has 9 heteroatoms. The molecule has 0 heterocycles. The predicted molar refractivity (Wildman–Crippen MR) is 67.1 cm³/mol. The van der Waals surface area contributed by atoms with E-state index < -0.39 is 35.2 Å². The quantitative estimate of drug-likeness (QED) is 0.452. The van der Waals surface area contributed by atoms with E-state index in [2.05, 4.69) is 9.47 Å². The van der Waals surface area contributed by atoms with Gasteiger partial charge in [0, 0.05) is 5.92 Å². The van der Waals surface area contributed by atoms with E-state index in [9.17, 15) is 27.9 Å². The van der Waals surface area contributed by atoms with Crippen molar-refractivity contribution in [3.05, 3.63) is 11.6 Å². The summed E-state index contributed by atoms with van der Waals surface area (Å²) in [6.07, 6.45) is -5.16. The number of nitriles is 1. The van der Waals surface area contributed by atoms with Gasteiger partial charge in [0.1, 0.15) is 11.6 Å². The molecule has 0 amide bonds. The van der Waals surface area contributed by atoms with E-state index >= 15 is 0 Å². The van der Waals surface area contributed by atoms with Gasteiger partial charge in [-0.3, -0.25) is 0 Å². The molecule has 1 N–H and O–H groups in total. The number of rotatable bonds is 6. The largest absolute Gasteiger partial charge is 0.467 e. The SMILES string of the molecule is CCOC(=O)/C(C#N)=C/[C@H](CC)[C@@](O)(C(=O)OC)C(F)(F)F. The van der Waals surface area contributed by atoms with Crippen molar-refractivity contribution < 1.29 is 37.3 Å². The number of alkyl halides is 3. The van der Waals surface area contributed by atoms with Gasteiger partial charge >= 0.3 is 18.1 Å². The number of carbonyl (C=O) groups is 2. The summed E-state index contributed by atoms with van der Waals surface area (Å²) < 4.78 is 47.8. The molecule has 0 aromatic rings. The van der Waals surface area contributed by atoms with Gasteiger partial charge in [0.25, 0.3) is 5.60 Å². The third-order valence-corrected chi connectivity index (χ3v) is 2.89. The average molecular weight is 323 g/mol. The fraction of sp³-hybridized carbons (Fsp3) is 0.615. The second-order valence-electron chi connectivity index (χ2n) is 4.18. The maximum atomic E-state index is 13.1. The fourth-order valence-corrected chi connectivity index (χ4v) is 1.73. The van der Waals surface area contributed by atoms with Crippen LogP contribution in [0.25, 0.3) is 0 Å². The van der Waals surface area contributed by atoms with Crippen LogP contribution in [-0.4, -0.2) is 42.5 Å². The van der Waals surface area contributed by atoms with E-state index in [0.717, 1.165) is 0 Å². The van der Waals surface area contributed by atoms with Crippen molar-refractivity contribution in [2.24, 2.45) is 5.92 Å². The molecule has 0 radical (unpaired) electrons. The first-order valence-corrected chi connectivity index (χ1v) is 6.26. The highest BCUT2D eigenvalue weighted by Crippen LogP contribution is 2.40. The van der Waals surface area contributed by atoms with Gasteiger partial charge in [-0.15, -0.1) is 0 Å². The van der Waals surface area contributed by atoms with Crippen molar-refractivity contribution in [3.8, 4) is 6.07 Å². The molecule has 0 saturated carbocycles. The van der Waals surface area contributed by atoms with Crippen molar-refractivity contribution >= 4 is 11.9 Å². The van der Waals surface area contributed by atoms with Crippen LogP contribution < -0.4 is 0 Å². The molecule has 0 aliphatic rings. The molecule has 0 fully saturated rings. The Morgan fingerprint density at radius 3 is 2.23 bits per heavy atom. The molecule has 0 bridgehead atoms. The summed E-state index contributed by atoms with van der Waals surface area (Å²) in [5.74, 6) is -4.96. The Kier molecular flexibility index (Phi) is 7.06. The zero-order valence-electron chi connectivity index (χ0n) is 12.2. The van der Waals surface area contributed by atoms with Crippen LogP contribution in [0, 0.1) is 17.2 Å². The molecule has 0 rings (SSSR count). The second kappa shape index (κ2) is 7.79. The second-order valence-corrected chi connectivity index (χ2v) is 4.18. The molecule has 0 aliphatic carbocycles. The molecule has 124 valence electrons. The smallest absolute Gasteiger partial charge is 0.428 e. The van der Waals surface area contributed by atoms with Crippen molar-refractivity contribution in [2.75, 3.05) is 13.7 Å². The maximum absolute atomic E-state index is 13.1. The van der Waals surface area contributed by atoms with Crippen LogP contribution in [0.2, 0.25) is 0 Å². The van der Waals surface area contributed by atoms with Crippen LogP contribution >= 0.6 is 0 Å². The van der Waals surface area contributed by atoms with Gasteiger partial charge in [-0.05, 0) is 13.3 Å². The third kappa shape index (κ3) is 3.98. The van der Waals surface area contributed by atoms with Crippen molar-refractivity contribution in [1.82, 2.24) is 0 Å². The van der Waals surface area contributed by atoms with Gasteiger partial charge in [-0.2, -0.15) is 18.4 Å². The van der Waals surface area contributed by atoms with Crippen molar-refractivity contribution in [1.29, 1.82) is 5.26 Å². The summed E-state index contributed by atoms with van der Waals surface area (Å²) in [6.45, 7) is 2.61. The topological polar surface area (TPSA) is 96.6 Å². The van der Waals surface area contributed by atoms with Gasteiger partial charge < -0.3 is 14.6 Å². The fourth-order valence-electron chi connectivity index (χ4n) is 1.73. The number of hydrogen-bond acceptors (Lipinski definition) is 6. The monoisotopic (exact) mass is 323 g/mol. The molecule has 0 aliphatic heterocycles. The summed E-state index contributed by atoms with van der Waals surface area (Å²) in [7, 11) is 0.687. The number of methoxy groups -OCH3 is 1. The Bertz CT molecular complexity index is 495. The van der Waals surface area contributed by atoms with Crippen LogP contribution in [-0.2, 0) is 19.1 Å². The maximum Gasteiger partial charge on any atom is 0.428 e. The van der Waals surface area contributed by atoms with Gasteiger partial charge in [0.05, 0.1) is 13.7 Å². The van der Waals surface area contributed by atoms with Crippen LogP contribution in [0.15, 0.2) is 11.6 Å². The minimum absolute atomic E-state index is 0.0881.